The number of aldehydes is 1. The monoisotopic (exact) mass is 472 g/mol. The van der Waals surface area contributed by atoms with Crippen molar-refractivity contribution >= 4 is 29.6 Å². The largest absolute Gasteiger partial charge is 0.451 e. The van der Waals surface area contributed by atoms with E-state index in [0.29, 0.717) is 17.9 Å². The second kappa shape index (κ2) is 9.32. The van der Waals surface area contributed by atoms with Gasteiger partial charge in [-0.2, -0.15) is 0 Å². The number of fused-ring (bicyclic) bond motifs is 1. The molecular weight excluding hydrogens is 448 g/mol. The van der Waals surface area contributed by atoms with E-state index in [4.69, 9.17) is 20.8 Å². The van der Waals surface area contributed by atoms with Gasteiger partial charge in [0.2, 0.25) is 0 Å². The van der Waals surface area contributed by atoms with Crippen LogP contribution < -0.4 is 5.32 Å². The third-order valence-electron chi connectivity index (χ3n) is 6.95. The molecule has 174 valence electrons. The third-order valence-corrected chi connectivity index (χ3v) is 7.33. The zero-order chi connectivity index (χ0) is 22.9. The maximum atomic E-state index is 12.9. The molecule has 3 fully saturated rings. The number of nitrogens with zero attached hydrogens (tertiary/aromatic N) is 3. The van der Waals surface area contributed by atoms with Crippen LogP contribution >= 0.6 is 11.6 Å². The first-order valence-corrected chi connectivity index (χ1v) is 11.7. The van der Waals surface area contributed by atoms with Crippen LogP contribution in [0.25, 0.3) is 11.3 Å². The number of alkyl halides is 1. The van der Waals surface area contributed by atoms with E-state index < -0.39 is 11.9 Å². The van der Waals surface area contributed by atoms with Gasteiger partial charge in [-0.1, -0.05) is 12.8 Å². The number of hydrogen-bond acceptors (Lipinski definition) is 8. The van der Waals surface area contributed by atoms with E-state index in [2.05, 4.69) is 20.2 Å². The van der Waals surface area contributed by atoms with Crippen LogP contribution in [0.15, 0.2) is 35.3 Å². The van der Waals surface area contributed by atoms with E-state index in [1.54, 1.807) is 24.5 Å². The fourth-order valence-electron chi connectivity index (χ4n) is 5.45. The van der Waals surface area contributed by atoms with Gasteiger partial charge in [0.25, 0.3) is 5.91 Å². The van der Waals surface area contributed by atoms with Crippen molar-refractivity contribution < 1.29 is 23.5 Å². The van der Waals surface area contributed by atoms with Crippen molar-refractivity contribution in [1.82, 2.24) is 20.2 Å². The highest BCUT2D eigenvalue weighted by Gasteiger charge is 2.53. The quantitative estimate of drug-likeness (QED) is 0.500. The van der Waals surface area contributed by atoms with Crippen molar-refractivity contribution in [2.75, 3.05) is 13.2 Å². The number of furan rings is 1. The van der Waals surface area contributed by atoms with E-state index in [1.165, 1.54) is 6.33 Å². The molecular formula is C23H25ClN4O5. The summed E-state index contributed by atoms with van der Waals surface area (Å²) in [6.45, 7) is 0.609. The molecule has 5 rings (SSSR count). The second-order valence-electron chi connectivity index (χ2n) is 8.84. The number of hydrogen-bond donors (Lipinski definition) is 1. The molecule has 2 aromatic heterocycles. The lowest BCUT2D eigenvalue weighted by Gasteiger charge is -2.42. The first kappa shape index (κ1) is 22.2. The van der Waals surface area contributed by atoms with Crippen molar-refractivity contribution in [2.45, 2.75) is 55.3 Å². The fraction of sp³-hybridized carbons (Fsp3) is 0.522. The van der Waals surface area contributed by atoms with Crippen LogP contribution in [0.1, 0.15) is 36.2 Å². The first-order valence-electron chi connectivity index (χ1n) is 11.2. The van der Waals surface area contributed by atoms with Crippen LogP contribution in [-0.2, 0) is 14.3 Å². The Morgan fingerprint density at radius 3 is 2.82 bits per heavy atom. The summed E-state index contributed by atoms with van der Waals surface area (Å²) in [5.41, 5.74) is 0.651. The van der Waals surface area contributed by atoms with Gasteiger partial charge in [0.1, 0.15) is 25.0 Å². The topological polar surface area (TPSA) is 115 Å². The van der Waals surface area contributed by atoms with Crippen LogP contribution in [-0.4, -0.2) is 75.6 Å². The Balaban J connectivity index is 1.32. The summed E-state index contributed by atoms with van der Waals surface area (Å²) in [6, 6.07) is 2.12. The number of carbonyl (C=O) groups is 3. The van der Waals surface area contributed by atoms with Gasteiger partial charge in [-0.3, -0.25) is 14.5 Å². The summed E-state index contributed by atoms with van der Waals surface area (Å²) >= 11 is 6.49. The standard InChI is InChI=1S/C23H25ClN4O5/c24-15-9-28(21-18(30)11-32-22(15)21)17-4-2-1-3-14(17)16(10-29)27-23(31)20-6-5-19(33-20)13-7-25-12-26-8-13/h5-8,10,12,14-17,21-22H,1-4,9,11H2,(H,27,31)/t14?,15-,16?,17-,21+,22+/m0/s1. The number of rotatable bonds is 6. The average Bonchev–Trinajstić information content (AvgIpc) is 3.56. The fourth-order valence-corrected chi connectivity index (χ4v) is 5.82. The van der Waals surface area contributed by atoms with Gasteiger partial charge in [0, 0.05) is 30.9 Å². The van der Waals surface area contributed by atoms with Crippen LogP contribution in [0.2, 0.25) is 0 Å². The molecule has 0 bridgehead atoms. The highest BCUT2D eigenvalue weighted by molar-refractivity contribution is 6.22. The lowest BCUT2D eigenvalue weighted by molar-refractivity contribution is -0.122. The Labute approximate surface area is 195 Å². The second-order valence-corrected chi connectivity index (χ2v) is 9.40. The number of amides is 1. The van der Waals surface area contributed by atoms with Gasteiger partial charge >= 0.3 is 0 Å². The molecule has 2 aromatic rings. The molecule has 2 aliphatic heterocycles. The molecule has 9 nitrogen and oxygen atoms in total. The molecule has 33 heavy (non-hydrogen) atoms. The molecule has 1 saturated carbocycles. The molecule has 0 radical (unpaired) electrons. The smallest absolute Gasteiger partial charge is 0.287 e. The van der Waals surface area contributed by atoms with E-state index in [0.717, 1.165) is 32.0 Å². The Morgan fingerprint density at radius 1 is 1.24 bits per heavy atom. The van der Waals surface area contributed by atoms with Crippen LogP contribution in [0.4, 0.5) is 0 Å². The number of ether oxygens (including phenoxy) is 1. The molecule has 6 atom stereocenters. The summed E-state index contributed by atoms with van der Waals surface area (Å²) in [5.74, 6) is 0.0131. The van der Waals surface area contributed by atoms with Gasteiger partial charge < -0.3 is 19.3 Å². The Hall–Kier alpha value is -2.62. The summed E-state index contributed by atoms with van der Waals surface area (Å²) in [6.07, 6.45) is 8.64. The first-order chi connectivity index (χ1) is 16.1. The molecule has 1 N–H and O–H groups in total. The zero-order valence-electron chi connectivity index (χ0n) is 17.9. The van der Waals surface area contributed by atoms with Crippen molar-refractivity contribution in [1.29, 1.82) is 0 Å². The van der Waals surface area contributed by atoms with Gasteiger partial charge in [-0.05, 0) is 25.0 Å². The molecule has 0 spiro atoms. The van der Waals surface area contributed by atoms with Gasteiger partial charge in [0.15, 0.2) is 11.5 Å². The molecule has 4 heterocycles. The van der Waals surface area contributed by atoms with Crippen LogP contribution in [0.5, 0.6) is 0 Å². The SMILES string of the molecule is O=CC(NC(=O)c1ccc(-c2cncnc2)o1)C1CCCC[C@@H]1N1C[C@H](Cl)[C@H]2OCC(=O)[C@H]21. The number of ketones is 1. The zero-order valence-corrected chi connectivity index (χ0v) is 18.7. The van der Waals surface area contributed by atoms with E-state index in [1.807, 2.05) is 0 Å². The average molecular weight is 473 g/mol. The molecule has 0 aromatic carbocycles. The van der Waals surface area contributed by atoms with Crippen molar-refractivity contribution in [3.63, 3.8) is 0 Å². The molecule has 1 amide bonds. The number of halogens is 1. The minimum atomic E-state index is -0.707. The predicted octanol–water partition coefficient (Wildman–Crippen LogP) is 1.85. The Bertz CT molecular complexity index is 1030. The minimum Gasteiger partial charge on any atom is -0.451 e. The summed E-state index contributed by atoms with van der Waals surface area (Å²) in [5, 5.41) is 2.58. The predicted molar refractivity (Wildman–Crippen MR) is 118 cm³/mol. The normalized spacial score (nSPS) is 30.7. The maximum absolute atomic E-state index is 12.9. The lowest BCUT2D eigenvalue weighted by Crippen LogP contribution is -2.55. The highest BCUT2D eigenvalue weighted by Crippen LogP contribution is 2.39. The maximum Gasteiger partial charge on any atom is 0.287 e. The van der Waals surface area contributed by atoms with Crippen molar-refractivity contribution in [3.8, 4) is 11.3 Å². The van der Waals surface area contributed by atoms with Crippen LogP contribution in [0, 0.1) is 5.92 Å². The van der Waals surface area contributed by atoms with Gasteiger partial charge in [0.05, 0.1) is 29.1 Å². The van der Waals surface area contributed by atoms with Crippen LogP contribution in [0.3, 0.4) is 0 Å². The van der Waals surface area contributed by atoms with Gasteiger partial charge in [-0.25, -0.2) is 9.97 Å². The van der Waals surface area contributed by atoms with Gasteiger partial charge in [-0.15, -0.1) is 11.6 Å². The molecule has 1 aliphatic carbocycles. The molecule has 2 saturated heterocycles. The van der Waals surface area contributed by atoms with Crippen molar-refractivity contribution in [3.05, 3.63) is 36.6 Å². The number of likely N-dealkylation sites (tertiary alicyclic amines) is 1. The Morgan fingerprint density at radius 2 is 2.03 bits per heavy atom. The summed E-state index contributed by atoms with van der Waals surface area (Å²) in [7, 11) is 0. The molecule has 3 aliphatic rings. The highest BCUT2D eigenvalue weighted by atomic mass is 35.5. The molecule has 2 unspecified atom stereocenters. The van der Waals surface area contributed by atoms with Crippen molar-refractivity contribution in [2.24, 2.45) is 5.92 Å². The third kappa shape index (κ3) is 4.20. The Kier molecular flexibility index (Phi) is 6.27. The minimum absolute atomic E-state index is 0.0344. The van der Waals surface area contributed by atoms with E-state index in [-0.39, 0.29) is 47.6 Å². The summed E-state index contributed by atoms with van der Waals surface area (Å²) in [4.78, 5) is 47.5. The molecule has 10 heteroatoms. The van der Waals surface area contributed by atoms with E-state index in [9.17, 15) is 14.4 Å². The number of carbonyl (C=O) groups excluding carboxylic acids is 3. The number of nitrogens with one attached hydrogen (secondary N) is 1. The number of Topliss-reactive ketones (excluding diaryl/α,β-unsaturated/α-hetero) is 1. The van der Waals surface area contributed by atoms with E-state index >= 15 is 0 Å². The summed E-state index contributed by atoms with van der Waals surface area (Å²) < 4.78 is 11.3. The lowest BCUT2D eigenvalue weighted by atomic mass is 9.78. The number of aromatic nitrogens is 2.